The molecule has 0 radical (unpaired) electrons. The van der Waals surface area contributed by atoms with Crippen LogP contribution in [0.4, 0.5) is 0 Å². The molecule has 14 heavy (non-hydrogen) atoms. The summed E-state index contributed by atoms with van der Waals surface area (Å²) >= 11 is 0. The highest BCUT2D eigenvalue weighted by Gasteiger charge is 2.20. The lowest BCUT2D eigenvalue weighted by Gasteiger charge is -2.09. The van der Waals surface area contributed by atoms with Crippen molar-refractivity contribution >= 4 is 0 Å². The summed E-state index contributed by atoms with van der Waals surface area (Å²) in [6.07, 6.45) is 9.51. The van der Waals surface area contributed by atoms with Crippen molar-refractivity contribution in [3.8, 4) is 0 Å². The van der Waals surface area contributed by atoms with E-state index < -0.39 is 0 Å². The molecule has 2 aliphatic rings. The first kappa shape index (κ1) is 10.4. The Bertz CT molecular complexity index is 150. The fourth-order valence-electron chi connectivity index (χ4n) is 2.19. The Morgan fingerprint density at radius 2 is 2.00 bits per heavy atom. The molecule has 2 nitrogen and oxygen atoms in total. The van der Waals surface area contributed by atoms with Gasteiger partial charge in [-0.05, 0) is 44.6 Å². The zero-order chi connectivity index (χ0) is 9.64. The van der Waals surface area contributed by atoms with E-state index in [9.17, 15) is 0 Å². The maximum atomic E-state index is 5.62. The van der Waals surface area contributed by atoms with Crippen LogP contribution in [0.1, 0.15) is 44.9 Å². The van der Waals surface area contributed by atoms with Crippen molar-refractivity contribution in [1.29, 1.82) is 0 Å². The van der Waals surface area contributed by atoms with Gasteiger partial charge in [0, 0.05) is 19.3 Å². The number of ether oxygens (including phenoxy) is 1. The van der Waals surface area contributed by atoms with E-state index >= 15 is 0 Å². The summed E-state index contributed by atoms with van der Waals surface area (Å²) in [5.74, 6) is 1.02. The largest absolute Gasteiger partial charge is 0.381 e. The molecular weight excluding hydrogens is 174 g/mol. The van der Waals surface area contributed by atoms with Gasteiger partial charge in [0.25, 0.3) is 0 Å². The molecule has 2 rings (SSSR count). The van der Waals surface area contributed by atoms with Crippen LogP contribution in [0.15, 0.2) is 0 Å². The summed E-state index contributed by atoms with van der Waals surface area (Å²) in [6, 6.07) is 0.794. The topological polar surface area (TPSA) is 21.3 Å². The summed E-state index contributed by atoms with van der Waals surface area (Å²) in [4.78, 5) is 0. The Morgan fingerprint density at radius 1 is 1.07 bits per heavy atom. The van der Waals surface area contributed by atoms with Gasteiger partial charge >= 0.3 is 0 Å². The molecule has 0 aromatic carbocycles. The van der Waals surface area contributed by atoms with Gasteiger partial charge in [0.1, 0.15) is 0 Å². The quantitative estimate of drug-likeness (QED) is 0.632. The van der Waals surface area contributed by atoms with Gasteiger partial charge in [-0.15, -0.1) is 0 Å². The predicted molar refractivity (Wildman–Crippen MR) is 58.4 cm³/mol. The van der Waals surface area contributed by atoms with E-state index in [1.807, 2.05) is 0 Å². The lowest BCUT2D eigenvalue weighted by molar-refractivity contribution is 0.123. The van der Waals surface area contributed by atoms with Crippen molar-refractivity contribution in [2.75, 3.05) is 19.8 Å². The van der Waals surface area contributed by atoms with Gasteiger partial charge in [0.2, 0.25) is 0 Å². The van der Waals surface area contributed by atoms with Crippen LogP contribution in [0.3, 0.4) is 0 Å². The summed E-state index contributed by atoms with van der Waals surface area (Å²) in [6.45, 7) is 3.21. The molecule has 1 aliphatic carbocycles. The summed E-state index contributed by atoms with van der Waals surface area (Å²) in [7, 11) is 0. The standard InChI is InChI=1S/C12H23NO/c1-3-12(13-8-1)4-2-9-14-10-7-11-5-6-11/h11-13H,1-10H2. The van der Waals surface area contributed by atoms with E-state index in [0.717, 1.165) is 25.2 Å². The van der Waals surface area contributed by atoms with Crippen LogP contribution < -0.4 is 5.32 Å². The molecule has 0 spiro atoms. The predicted octanol–water partition coefficient (Wildman–Crippen LogP) is 2.34. The zero-order valence-electron chi connectivity index (χ0n) is 9.13. The minimum atomic E-state index is 0.794. The number of rotatable bonds is 7. The molecule has 1 saturated heterocycles. The van der Waals surface area contributed by atoms with Crippen LogP contribution in [0.5, 0.6) is 0 Å². The molecular formula is C12H23NO. The van der Waals surface area contributed by atoms with Gasteiger partial charge in [-0.3, -0.25) is 0 Å². The first-order valence-electron chi connectivity index (χ1n) is 6.26. The fraction of sp³-hybridized carbons (Fsp3) is 1.00. The van der Waals surface area contributed by atoms with Crippen molar-refractivity contribution in [2.45, 2.75) is 51.0 Å². The molecule has 2 fully saturated rings. The molecule has 0 amide bonds. The van der Waals surface area contributed by atoms with Gasteiger partial charge in [0.15, 0.2) is 0 Å². The van der Waals surface area contributed by atoms with Gasteiger partial charge in [-0.25, -0.2) is 0 Å². The van der Waals surface area contributed by atoms with Crippen LogP contribution in [0.2, 0.25) is 0 Å². The van der Waals surface area contributed by atoms with Gasteiger partial charge in [-0.2, -0.15) is 0 Å². The second-order valence-corrected chi connectivity index (χ2v) is 4.78. The molecule has 0 aromatic rings. The van der Waals surface area contributed by atoms with Gasteiger partial charge < -0.3 is 10.1 Å². The Labute approximate surface area is 87.4 Å². The average molecular weight is 197 g/mol. The second-order valence-electron chi connectivity index (χ2n) is 4.78. The highest BCUT2D eigenvalue weighted by atomic mass is 16.5. The van der Waals surface area contributed by atoms with Gasteiger partial charge in [-0.1, -0.05) is 12.8 Å². The van der Waals surface area contributed by atoms with Crippen molar-refractivity contribution < 1.29 is 4.74 Å². The average Bonchev–Trinajstić information content (AvgIpc) is 2.87. The summed E-state index contributed by atoms with van der Waals surface area (Å²) < 4.78 is 5.62. The van der Waals surface area contributed by atoms with Crippen LogP contribution in [-0.4, -0.2) is 25.8 Å². The molecule has 1 aliphatic heterocycles. The Balaban J connectivity index is 1.35. The van der Waals surface area contributed by atoms with E-state index in [4.69, 9.17) is 4.74 Å². The van der Waals surface area contributed by atoms with Crippen molar-refractivity contribution in [3.63, 3.8) is 0 Å². The van der Waals surface area contributed by atoms with Crippen molar-refractivity contribution in [2.24, 2.45) is 5.92 Å². The number of hydrogen-bond donors (Lipinski definition) is 1. The first-order valence-corrected chi connectivity index (χ1v) is 6.26. The van der Waals surface area contributed by atoms with Gasteiger partial charge in [0.05, 0.1) is 0 Å². The SMILES string of the molecule is C1CNC(CCCOCCC2CC2)C1. The molecule has 82 valence electrons. The number of nitrogens with one attached hydrogen (secondary N) is 1. The Hall–Kier alpha value is -0.0800. The Kier molecular flexibility index (Phi) is 4.26. The highest BCUT2D eigenvalue weighted by Crippen LogP contribution is 2.32. The zero-order valence-corrected chi connectivity index (χ0v) is 9.13. The maximum Gasteiger partial charge on any atom is 0.0468 e. The molecule has 0 bridgehead atoms. The van der Waals surface area contributed by atoms with E-state index in [-0.39, 0.29) is 0 Å². The van der Waals surface area contributed by atoms with Crippen LogP contribution in [0.25, 0.3) is 0 Å². The lowest BCUT2D eigenvalue weighted by atomic mass is 10.1. The highest BCUT2D eigenvalue weighted by molar-refractivity contribution is 4.74. The van der Waals surface area contributed by atoms with Crippen LogP contribution in [0, 0.1) is 5.92 Å². The fourth-order valence-corrected chi connectivity index (χ4v) is 2.19. The van der Waals surface area contributed by atoms with E-state index in [1.54, 1.807) is 0 Å². The molecule has 1 N–H and O–H groups in total. The van der Waals surface area contributed by atoms with Crippen molar-refractivity contribution in [1.82, 2.24) is 5.32 Å². The monoisotopic (exact) mass is 197 g/mol. The lowest BCUT2D eigenvalue weighted by Crippen LogP contribution is -2.21. The summed E-state index contributed by atoms with van der Waals surface area (Å²) in [5.41, 5.74) is 0. The van der Waals surface area contributed by atoms with E-state index in [2.05, 4.69) is 5.32 Å². The van der Waals surface area contributed by atoms with Crippen LogP contribution in [-0.2, 0) is 4.74 Å². The second kappa shape index (κ2) is 5.72. The summed E-state index contributed by atoms with van der Waals surface area (Å²) in [5, 5.41) is 3.52. The minimum absolute atomic E-state index is 0.794. The molecule has 1 saturated carbocycles. The molecule has 1 heterocycles. The van der Waals surface area contributed by atoms with E-state index in [0.29, 0.717) is 0 Å². The van der Waals surface area contributed by atoms with Crippen molar-refractivity contribution in [3.05, 3.63) is 0 Å². The minimum Gasteiger partial charge on any atom is -0.381 e. The first-order chi connectivity index (χ1) is 6.95. The normalized spacial score (nSPS) is 27.0. The van der Waals surface area contributed by atoms with E-state index in [1.165, 1.54) is 51.5 Å². The third kappa shape index (κ3) is 3.97. The smallest absolute Gasteiger partial charge is 0.0468 e. The maximum absolute atomic E-state index is 5.62. The molecule has 0 aromatic heterocycles. The third-order valence-electron chi connectivity index (χ3n) is 3.37. The molecule has 1 unspecified atom stereocenters. The number of hydrogen-bond acceptors (Lipinski definition) is 2. The molecule has 1 atom stereocenters. The third-order valence-corrected chi connectivity index (χ3v) is 3.37. The Morgan fingerprint density at radius 3 is 2.71 bits per heavy atom. The van der Waals surface area contributed by atoms with Crippen LogP contribution >= 0.6 is 0 Å². The molecule has 2 heteroatoms.